The Morgan fingerprint density at radius 2 is 1.71 bits per heavy atom. The Labute approximate surface area is 105 Å². The van der Waals surface area contributed by atoms with E-state index in [0.29, 0.717) is 11.0 Å². The molecule has 2 aliphatic rings. The summed E-state index contributed by atoms with van der Waals surface area (Å²) in [5.41, 5.74) is 6.65. The van der Waals surface area contributed by atoms with Crippen LogP contribution < -0.4 is 11.1 Å². The van der Waals surface area contributed by atoms with Gasteiger partial charge in [-0.05, 0) is 44.6 Å². The first-order chi connectivity index (χ1) is 8.18. The summed E-state index contributed by atoms with van der Waals surface area (Å²) in [6, 6.07) is 0. The van der Waals surface area contributed by atoms with Crippen molar-refractivity contribution in [3.8, 4) is 0 Å². The molecule has 1 aliphatic heterocycles. The lowest BCUT2D eigenvalue weighted by molar-refractivity contribution is 0.0142. The molecule has 0 radical (unpaired) electrons. The summed E-state index contributed by atoms with van der Waals surface area (Å²) in [4.78, 5) is 0. The van der Waals surface area contributed by atoms with Gasteiger partial charge in [0.05, 0.1) is 0 Å². The van der Waals surface area contributed by atoms with Crippen molar-refractivity contribution >= 4 is 0 Å². The molecule has 1 saturated carbocycles. The Morgan fingerprint density at radius 1 is 1.06 bits per heavy atom. The van der Waals surface area contributed by atoms with Crippen LogP contribution in [0.15, 0.2) is 0 Å². The molecule has 0 amide bonds. The van der Waals surface area contributed by atoms with Crippen molar-refractivity contribution < 1.29 is 4.74 Å². The molecule has 3 N–H and O–H groups in total. The van der Waals surface area contributed by atoms with Gasteiger partial charge in [0, 0.05) is 25.3 Å². The van der Waals surface area contributed by atoms with E-state index in [-0.39, 0.29) is 0 Å². The fraction of sp³-hybridized carbons (Fsp3) is 1.00. The zero-order valence-corrected chi connectivity index (χ0v) is 11.3. The molecule has 1 heterocycles. The summed E-state index contributed by atoms with van der Waals surface area (Å²) in [5.74, 6) is 0. The van der Waals surface area contributed by atoms with Gasteiger partial charge in [0.25, 0.3) is 0 Å². The van der Waals surface area contributed by atoms with Crippen molar-refractivity contribution in [1.29, 1.82) is 0 Å². The van der Waals surface area contributed by atoms with Gasteiger partial charge < -0.3 is 15.8 Å². The Bertz CT molecular complexity index is 230. The molecule has 0 atom stereocenters. The van der Waals surface area contributed by atoms with Crippen LogP contribution >= 0.6 is 0 Å². The van der Waals surface area contributed by atoms with E-state index in [0.717, 1.165) is 39.1 Å². The van der Waals surface area contributed by atoms with E-state index in [1.54, 1.807) is 0 Å². The number of ether oxygens (including phenoxy) is 1. The fourth-order valence-electron chi connectivity index (χ4n) is 3.17. The van der Waals surface area contributed by atoms with E-state index >= 15 is 0 Å². The van der Waals surface area contributed by atoms with Crippen LogP contribution in [-0.4, -0.2) is 31.8 Å². The van der Waals surface area contributed by atoms with Gasteiger partial charge in [-0.1, -0.05) is 19.3 Å². The van der Waals surface area contributed by atoms with Crippen LogP contribution in [0.4, 0.5) is 0 Å². The SMILES string of the molecule is CC1(NCC2(CN)CCOCC2)CCCCC1. The molecule has 100 valence electrons. The highest BCUT2D eigenvalue weighted by Gasteiger charge is 2.34. The average molecular weight is 240 g/mol. The van der Waals surface area contributed by atoms with Gasteiger partial charge in [-0.15, -0.1) is 0 Å². The molecule has 1 saturated heterocycles. The zero-order chi connectivity index (χ0) is 12.2. The Morgan fingerprint density at radius 3 is 2.29 bits per heavy atom. The summed E-state index contributed by atoms with van der Waals surface area (Å²) in [6.45, 7) is 6.02. The maximum atomic E-state index is 6.00. The third-order valence-electron chi connectivity index (χ3n) is 4.83. The van der Waals surface area contributed by atoms with Crippen LogP contribution in [0.3, 0.4) is 0 Å². The first kappa shape index (κ1) is 13.3. The van der Waals surface area contributed by atoms with Crippen molar-refractivity contribution in [3.63, 3.8) is 0 Å². The lowest BCUT2D eigenvalue weighted by Gasteiger charge is -2.42. The quantitative estimate of drug-likeness (QED) is 0.790. The third-order valence-corrected chi connectivity index (χ3v) is 4.83. The number of hydrogen-bond donors (Lipinski definition) is 2. The van der Waals surface area contributed by atoms with Crippen LogP contribution in [0.1, 0.15) is 51.9 Å². The summed E-state index contributed by atoms with van der Waals surface area (Å²) < 4.78 is 5.46. The number of rotatable bonds is 4. The van der Waals surface area contributed by atoms with E-state index < -0.39 is 0 Å². The topological polar surface area (TPSA) is 47.3 Å². The van der Waals surface area contributed by atoms with E-state index in [2.05, 4.69) is 12.2 Å². The molecule has 0 bridgehead atoms. The molecule has 2 fully saturated rings. The second-order valence-corrected chi connectivity index (χ2v) is 6.29. The minimum absolute atomic E-state index is 0.290. The summed E-state index contributed by atoms with van der Waals surface area (Å²) >= 11 is 0. The molecule has 3 nitrogen and oxygen atoms in total. The highest BCUT2D eigenvalue weighted by Crippen LogP contribution is 2.32. The molecule has 3 heteroatoms. The predicted octanol–water partition coefficient (Wildman–Crippen LogP) is 2.05. The van der Waals surface area contributed by atoms with E-state index in [9.17, 15) is 0 Å². The van der Waals surface area contributed by atoms with Gasteiger partial charge in [-0.2, -0.15) is 0 Å². The van der Waals surface area contributed by atoms with Crippen LogP contribution in [0.5, 0.6) is 0 Å². The van der Waals surface area contributed by atoms with E-state index in [4.69, 9.17) is 10.5 Å². The van der Waals surface area contributed by atoms with Gasteiger partial charge in [0.1, 0.15) is 0 Å². The van der Waals surface area contributed by atoms with Gasteiger partial charge >= 0.3 is 0 Å². The van der Waals surface area contributed by atoms with Crippen molar-refractivity contribution in [3.05, 3.63) is 0 Å². The lowest BCUT2D eigenvalue weighted by atomic mass is 9.77. The molecule has 0 spiro atoms. The van der Waals surface area contributed by atoms with Gasteiger partial charge in [-0.3, -0.25) is 0 Å². The van der Waals surface area contributed by atoms with Crippen LogP contribution in [-0.2, 0) is 4.74 Å². The Hall–Kier alpha value is -0.120. The number of nitrogens with two attached hydrogens (primary N) is 1. The zero-order valence-electron chi connectivity index (χ0n) is 11.3. The van der Waals surface area contributed by atoms with E-state index in [1.165, 1.54) is 32.1 Å². The van der Waals surface area contributed by atoms with Crippen LogP contribution in [0, 0.1) is 5.41 Å². The van der Waals surface area contributed by atoms with Crippen molar-refractivity contribution in [1.82, 2.24) is 5.32 Å². The molecular formula is C14H28N2O. The fourth-order valence-corrected chi connectivity index (χ4v) is 3.17. The second kappa shape index (κ2) is 5.68. The third kappa shape index (κ3) is 3.43. The first-order valence-electron chi connectivity index (χ1n) is 7.21. The molecule has 0 aromatic heterocycles. The first-order valence-corrected chi connectivity index (χ1v) is 7.21. The van der Waals surface area contributed by atoms with Crippen LogP contribution in [0.25, 0.3) is 0 Å². The van der Waals surface area contributed by atoms with Crippen molar-refractivity contribution in [2.75, 3.05) is 26.3 Å². The summed E-state index contributed by atoms with van der Waals surface area (Å²) in [5, 5.41) is 3.82. The molecular weight excluding hydrogens is 212 g/mol. The Kier molecular flexibility index (Phi) is 4.45. The largest absolute Gasteiger partial charge is 0.381 e. The maximum absolute atomic E-state index is 6.00. The molecule has 0 aromatic carbocycles. The second-order valence-electron chi connectivity index (χ2n) is 6.29. The highest BCUT2D eigenvalue weighted by atomic mass is 16.5. The van der Waals surface area contributed by atoms with Crippen molar-refractivity contribution in [2.45, 2.75) is 57.4 Å². The normalized spacial score (nSPS) is 27.9. The van der Waals surface area contributed by atoms with Crippen LogP contribution in [0.2, 0.25) is 0 Å². The van der Waals surface area contributed by atoms with Crippen molar-refractivity contribution in [2.24, 2.45) is 11.1 Å². The summed E-state index contributed by atoms with van der Waals surface area (Å²) in [7, 11) is 0. The monoisotopic (exact) mass is 240 g/mol. The standard InChI is InChI=1S/C14H28N2O/c1-13(5-3-2-4-6-13)16-12-14(11-15)7-9-17-10-8-14/h16H,2-12,15H2,1H3. The molecule has 1 aliphatic carbocycles. The maximum Gasteiger partial charge on any atom is 0.0472 e. The average Bonchev–Trinajstić information content (AvgIpc) is 2.39. The van der Waals surface area contributed by atoms with Gasteiger partial charge in [0.15, 0.2) is 0 Å². The number of nitrogens with one attached hydrogen (secondary N) is 1. The Balaban J connectivity index is 1.86. The predicted molar refractivity (Wildman–Crippen MR) is 71.0 cm³/mol. The molecule has 0 unspecified atom stereocenters. The number of hydrogen-bond acceptors (Lipinski definition) is 3. The highest BCUT2D eigenvalue weighted by molar-refractivity contribution is 4.92. The molecule has 2 rings (SSSR count). The lowest BCUT2D eigenvalue weighted by Crippen LogP contribution is -2.52. The van der Waals surface area contributed by atoms with Gasteiger partial charge in [-0.25, -0.2) is 0 Å². The van der Waals surface area contributed by atoms with E-state index in [1.807, 2.05) is 0 Å². The van der Waals surface area contributed by atoms with Gasteiger partial charge in [0.2, 0.25) is 0 Å². The smallest absolute Gasteiger partial charge is 0.0472 e. The molecule has 0 aromatic rings. The summed E-state index contributed by atoms with van der Waals surface area (Å²) in [6.07, 6.45) is 9.05. The minimum Gasteiger partial charge on any atom is -0.381 e. The minimum atomic E-state index is 0.290. The molecule has 17 heavy (non-hydrogen) atoms.